The highest BCUT2D eigenvalue weighted by molar-refractivity contribution is 5.92. The van der Waals surface area contributed by atoms with E-state index >= 15 is 0 Å². The lowest BCUT2D eigenvalue weighted by Gasteiger charge is -2.36. The molecule has 7 nitrogen and oxygen atoms in total. The highest BCUT2D eigenvalue weighted by Crippen LogP contribution is 2.28. The average Bonchev–Trinajstić information content (AvgIpc) is 2.98. The van der Waals surface area contributed by atoms with Crippen molar-refractivity contribution in [3.63, 3.8) is 0 Å². The molecule has 3 amide bonds. The third-order valence-electron chi connectivity index (χ3n) is 7.73. The zero-order chi connectivity index (χ0) is 31.2. The fourth-order valence-corrected chi connectivity index (χ4v) is 5.62. The first-order valence-electron chi connectivity index (χ1n) is 15.8. The summed E-state index contributed by atoms with van der Waals surface area (Å²) >= 11 is 0. The first kappa shape index (κ1) is 33.7. The molecule has 7 heteroatoms. The zero-order valence-corrected chi connectivity index (χ0v) is 26.4. The van der Waals surface area contributed by atoms with Crippen molar-refractivity contribution in [1.82, 2.24) is 15.5 Å². The molecule has 1 aliphatic carbocycles. The Balaban J connectivity index is 2.05. The maximum atomic E-state index is 14.6. The van der Waals surface area contributed by atoms with Gasteiger partial charge >= 0.3 is 6.09 Å². The number of benzene rings is 2. The Hall–Kier alpha value is -3.79. The molecule has 2 aromatic rings. The second-order valence-corrected chi connectivity index (χ2v) is 12.5. The summed E-state index contributed by atoms with van der Waals surface area (Å²) in [5, 5.41) is 6.09. The predicted molar refractivity (Wildman–Crippen MR) is 171 cm³/mol. The Morgan fingerprint density at radius 3 is 2.30 bits per heavy atom. The lowest BCUT2D eigenvalue weighted by atomic mass is 9.93. The first-order valence-corrected chi connectivity index (χ1v) is 15.8. The van der Waals surface area contributed by atoms with Crippen LogP contribution in [0, 0.1) is 12.3 Å². The summed E-state index contributed by atoms with van der Waals surface area (Å²) in [6, 6.07) is 15.0. The van der Waals surface area contributed by atoms with Gasteiger partial charge in [-0.15, -0.1) is 6.42 Å². The van der Waals surface area contributed by atoms with Crippen molar-refractivity contribution < 1.29 is 19.1 Å². The van der Waals surface area contributed by atoms with E-state index in [4.69, 9.17) is 11.2 Å². The number of carbonyl (C=O) groups is 3. The van der Waals surface area contributed by atoms with Crippen LogP contribution in [0.3, 0.4) is 0 Å². The fourth-order valence-electron chi connectivity index (χ4n) is 5.62. The van der Waals surface area contributed by atoms with Crippen LogP contribution in [0.15, 0.2) is 54.6 Å². The van der Waals surface area contributed by atoms with Gasteiger partial charge in [-0.3, -0.25) is 9.59 Å². The minimum absolute atomic E-state index is 0.0544. The van der Waals surface area contributed by atoms with Crippen molar-refractivity contribution in [1.29, 1.82) is 0 Å². The number of carbonyl (C=O) groups excluding carboxylic acids is 3. The van der Waals surface area contributed by atoms with Crippen molar-refractivity contribution in [2.24, 2.45) is 0 Å². The average molecular weight is 588 g/mol. The largest absolute Gasteiger partial charge is 0.444 e. The lowest BCUT2D eigenvalue weighted by Crippen LogP contribution is -2.54. The van der Waals surface area contributed by atoms with Crippen molar-refractivity contribution >= 4 is 17.9 Å². The number of nitrogens with zero attached hydrogens (tertiary/aromatic N) is 1. The molecule has 1 saturated carbocycles. The molecule has 232 valence electrons. The standard InChI is InChI=1S/C36H49N3O4/c1-6-8-9-18-25-39(34(41)31(26-27-19-12-10-13-20-27)38-35(42)43-36(3,4)5)32(30-24-17-16-21-28(30)7-2)33(40)37-29-22-14-11-15-23-29/h2,10,12-13,16-17,19-21,24,29,31-32H,6,8-9,11,14-15,18,22-23,25-26H2,1,3-5H3,(H,37,40)(H,38,42). The number of alkyl carbamates (subject to hydrolysis) is 1. The summed E-state index contributed by atoms with van der Waals surface area (Å²) in [4.78, 5) is 43.5. The maximum Gasteiger partial charge on any atom is 0.408 e. The van der Waals surface area contributed by atoms with Crippen LogP contribution in [0.25, 0.3) is 0 Å². The lowest BCUT2D eigenvalue weighted by molar-refractivity contribution is -0.143. The molecule has 0 aromatic heterocycles. The Bertz CT molecular complexity index is 1230. The van der Waals surface area contributed by atoms with Crippen LogP contribution >= 0.6 is 0 Å². The molecule has 0 aliphatic heterocycles. The van der Waals surface area contributed by atoms with Gasteiger partial charge in [0, 0.05) is 24.6 Å². The number of rotatable bonds is 13. The second-order valence-electron chi connectivity index (χ2n) is 12.5. The molecule has 0 spiro atoms. The number of hydrogen-bond donors (Lipinski definition) is 2. The van der Waals surface area contributed by atoms with E-state index in [0.717, 1.165) is 63.4 Å². The van der Waals surface area contributed by atoms with Crippen LogP contribution in [-0.2, 0) is 20.7 Å². The predicted octanol–water partition coefficient (Wildman–Crippen LogP) is 6.70. The summed E-state index contributed by atoms with van der Waals surface area (Å²) < 4.78 is 5.55. The highest BCUT2D eigenvalue weighted by atomic mass is 16.6. The van der Waals surface area contributed by atoms with Crippen molar-refractivity contribution in [3.8, 4) is 12.3 Å². The van der Waals surface area contributed by atoms with E-state index in [9.17, 15) is 14.4 Å². The molecule has 2 unspecified atom stereocenters. The molecule has 1 fully saturated rings. The second kappa shape index (κ2) is 16.7. The molecule has 0 bridgehead atoms. The maximum absolute atomic E-state index is 14.6. The number of terminal acetylenes is 1. The summed E-state index contributed by atoms with van der Waals surface area (Å²) in [5.74, 6) is 2.14. The Kier molecular flexibility index (Phi) is 13.1. The third kappa shape index (κ3) is 10.8. The number of unbranched alkanes of at least 4 members (excludes halogenated alkanes) is 3. The topological polar surface area (TPSA) is 87.7 Å². The van der Waals surface area contributed by atoms with Crippen LogP contribution in [0.2, 0.25) is 0 Å². The van der Waals surface area contributed by atoms with Gasteiger partial charge in [-0.25, -0.2) is 4.79 Å². The van der Waals surface area contributed by atoms with Crippen LogP contribution in [0.1, 0.15) is 108 Å². The minimum Gasteiger partial charge on any atom is -0.444 e. The van der Waals surface area contributed by atoms with Crippen LogP contribution in [0.5, 0.6) is 0 Å². The summed E-state index contributed by atoms with van der Waals surface area (Å²) in [7, 11) is 0. The monoisotopic (exact) mass is 587 g/mol. The summed E-state index contributed by atoms with van der Waals surface area (Å²) in [6.45, 7) is 7.82. The van der Waals surface area contributed by atoms with Gasteiger partial charge in [-0.1, -0.05) is 99.9 Å². The Morgan fingerprint density at radius 1 is 0.977 bits per heavy atom. The smallest absolute Gasteiger partial charge is 0.408 e. The number of hydrogen-bond acceptors (Lipinski definition) is 4. The van der Waals surface area contributed by atoms with Crippen LogP contribution < -0.4 is 10.6 Å². The van der Waals surface area contributed by atoms with Gasteiger partial charge in [-0.05, 0) is 57.2 Å². The van der Waals surface area contributed by atoms with E-state index in [-0.39, 0.29) is 24.3 Å². The van der Waals surface area contributed by atoms with E-state index in [1.54, 1.807) is 31.7 Å². The fraction of sp³-hybridized carbons (Fsp3) is 0.528. The molecule has 0 saturated heterocycles. The van der Waals surface area contributed by atoms with E-state index in [0.29, 0.717) is 17.7 Å². The van der Waals surface area contributed by atoms with Gasteiger partial charge in [0.15, 0.2) is 0 Å². The molecule has 2 atom stereocenters. The van der Waals surface area contributed by atoms with E-state index in [2.05, 4.69) is 23.5 Å². The molecule has 1 aliphatic rings. The SMILES string of the molecule is C#Cc1ccccc1C(C(=O)NC1CCCCC1)N(CCCCCC)C(=O)C(Cc1ccccc1)NC(=O)OC(C)(C)C. The number of nitrogens with one attached hydrogen (secondary N) is 2. The van der Waals surface area contributed by atoms with Gasteiger partial charge in [0.1, 0.15) is 17.7 Å². The number of amides is 3. The molecule has 2 N–H and O–H groups in total. The van der Waals surface area contributed by atoms with Crippen molar-refractivity contribution in [3.05, 3.63) is 71.3 Å². The van der Waals surface area contributed by atoms with Crippen LogP contribution in [0.4, 0.5) is 4.79 Å². The highest BCUT2D eigenvalue weighted by Gasteiger charge is 2.37. The number of ether oxygens (including phenoxy) is 1. The van der Waals surface area contributed by atoms with Gasteiger partial charge in [0.05, 0.1) is 0 Å². The normalized spacial score (nSPS) is 15.0. The molecule has 43 heavy (non-hydrogen) atoms. The summed E-state index contributed by atoms with van der Waals surface area (Å²) in [6.07, 6.45) is 14.3. The Labute approximate surface area is 258 Å². The molecule has 3 rings (SSSR count). The zero-order valence-electron chi connectivity index (χ0n) is 26.4. The molecule has 0 radical (unpaired) electrons. The molecule has 2 aromatic carbocycles. The Morgan fingerprint density at radius 2 is 1.65 bits per heavy atom. The minimum atomic E-state index is -0.952. The van der Waals surface area contributed by atoms with E-state index in [1.165, 1.54) is 0 Å². The van der Waals surface area contributed by atoms with Gasteiger partial charge in [-0.2, -0.15) is 0 Å². The van der Waals surface area contributed by atoms with Crippen molar-refractivity contribution in [2.45, 2.75) is 116 Å². The van der Waals surface area contributed by atoms with Crippen molar-refractivity contribution in [2.75, 3.05) is 6.54 Å². The molecular formula is C36H49N3O4. The van der Waals surface area contributed by atoms with Crippen LogP contribution in [-0.4, -0.2) is 47.0 Å². The van der Waals surface area contributed by atoms with Gasteiger partial charge < -0.3 is 20.3 Å². The van der Waals surface area contributed by atoms with Gasteiger partial charge in [0.2, 0.25) is 11.8 Å². The first-order chi connectivity index (χ1) is 20.6. The third-order valence-corrected chi connectivity index (χ3v) is 7.73. The van der Waals surface area contributed by atoms with Gasteiger partial charge in [0.25, 0.3) is 0 Å². The quantitative estimate of drug-likeness (QED) is 0.202. The van der Waals surface area contributed by atoms with E-state index < -0.39 is 23.8 Å². The summed E-state index contributed by atoms with van der Waals surface area (Å²) in [5.41, 5.74) is 1.32. The molecule has 0 heterocycles. The van der Waals surface area contributed by atoms with E-state index in [1.807, 2.05) is 48.5 Å². The molecular weight excluding hydrogens is 538 g/mol.